The second kappa shape index (κ2) is 9.61. The summed E-state index contributed by atoms with van der Waals surface area (Å²) in [5, 5.41) is 23.5. The molecule has 3 aromatic rings. The summed E-state index contributed by atoms with van der Waals surface area (Å²) in [5.74, 6) is 0.439. The number of anilines is 1. The third kappa shape index (κ3) is 5.29. The largest absolute Gasteiger partial charge is 0.494 e. The van der Waals surface area contributed by atoms with E-state index in [0.717, 1.165) is 0 Å². The fourth-order valence-electron chi connectivity index (χ4n) is 2.73. The van der Waals surface area contributed by atoms with Gasteiger partial charge in [-0.05, 0) is 55.5 Å². The van der Waals surface area contributed by atoms with Gasteiger partial charge in [-0.3, -0.25) is 14.9 Å². The van der Waals surface area contributed by atoms with Crippen LogP contribution in [0.3, 0.4) is 0 Å². The van der Waals surface area contributed by atoms with Crippen LogP contribution in [0.25, 0.3) is 17.4 Å². The molecule has 0 spiro atoms. The van der Waals surface area contributed by atoms with Crippen LogP contribution in [-0.4, -0.2) is 17.4 Å². The van der Waals surface area contributed by atoms with Crippen molar-refractivity contribution in [3.63, 3.8) is 0 Å². The van der Waals surface area contributed by atoms with Crippen molar-refractivity contribution in [1.82, 2.24) is 0 Å². The lowest BCUT2D eigenvalue weighted by Gasteiger charge is -2.06. The number of amides is 1. The van der Waals surface area contributed by atoms with Gasteiger partial charge in [0, 0.05) is 22.9 Å². The van der Waals surface area contributed by atoms with E-state index in [-0.39, 0.29) is 33.4 Å². The van der Waals surface area contributed by atoms with Crippen molar-refractivity contribution in [2.75, 3.05) is 11.9 Å². The molecule has 3 rings (SSSR count). The highest BCUT2D eigenvalue weighted by atomic mass is 35.5. The molecule has 156 valence electrons. The molecular weight excluding hydrogens is 422 g/mol. The number of halogens is 1. The standard InChI is InChI=1S/C22H16ClN3O5/c1-2-30-17-6-4-16(5-7-17)25-22(27)14(13-24)11-18-8-10-21(31-18)19-9-3-15(23)12-20(19)26(28)29/h3-12H,2H2,1H3,(H,25,27). The zero-order valence-electron chi connectivity index (χ0n) is 16.3. The van der Waals surface area contributed by atoms with Crippen molar-refractivity contribution in [3.05, 3.63) is 81.1 Å². The minimum Gasteiger partial charge on any atom is -0.494 e. The third-order valence-corrected chi connectivity index (χ3v) is 4.36. The number of nitro groups is 1. The van der Waals surface area contributed by atoms with E-state index in [4.69, 9.17) is 20.8 Å². The highest BCUT2D eigenvalue weighted by Crippen LogP contribution is 2.33. The predicted octanol–water partition coefficient (Wildman–Crippen LogP) is 5.45. The van der Waals surface area contributed by atoms with E-state index in [2.05, 4.69) is 5.32 Å². The van der Waals surface area contributed by atoms with Crippen LogP contribution in [0.2, 0.25) is 5.02 Å². The molecule has 0 unspecified atom stereocenters. The number of carbonyl (C=O) groups is 1. The van der Waals surface area contributed by atoms with Crippen LogP contribution in [0.5, 0.6) is 5.75 Å². The quantitative estimate of drug-likeness (QED) is 0.227. The first-order valence-corrected chi connectivity index (χ1v) is 9.49. The number of hydrogen-bond donors (Lipinski definition) is 1. The zero-order valence-corrected chi connectivity index (χ0v) is 17.1. The van der Waals surface area contributed by atoms with Gasteiger partial charge in [-0.1, -0.05) is 11.6 Å². The molecule has 0 aliphatic rings. The molecule has 0 bridgehead atoms. The fourth-order valence-corrected chi connectivity index (χ4v) is 2.90. The number of hydrogen-bond acceptors (Lipinski definition) is 6. The van der Waals surface area contributed by atoms with Crippen molar-refractivity contribution < 1.29 is 18.9 Å². The van der Waals surface area contributed by atoms with Crippen LogP contribution in [0, 0.1) is 21.4 Å². The second-order valence-corrected chi connectivity index (χ2v) is 6.64. The van der Waals surface area contributed by atoms with Gasteiger partial charge in [-0.2, -0.15) is 5.26 Å². The van der Waals surface area contributed by atoms with Gasteiger partial charge in [-0.25, -0.2) is 0 Å². The Labute approximate surface area is 182 Å². The average molecular weight is 438 g/mol. The van der Waals surface area contributed by atoms with E-state index < -0.39 is 10.8 Å². The number of benzene rings is 2. The van der Waals surface area contributed by atoms with E-state index in [1.54, 1.807) is 24.3 Å². The molecule has 1 amide bonds. The zero-order chi connectivity index (χ0) is 22.4. The van der Waals surface area contributed by atoms with Gasteiger partial charge in [0.15, 0.2) is 0 Å². The first kappa shape index (κ1) is 21.6. The molecule has 0 saturated carbocycles. The van der Waals surface area contributed by atoms with E-state index in [0.29, 0.717) is 18.0 Å². The lowest BCUT2D eigenvalue weighted by Crippen LogP contribution is -2.13. The Hall–Kier alpha value is -4.09. The van der Waals surface area contributed by atoms with Crippen molar-refractivity contribution in [2.45, 2.75) is 6.92 Å². The third-order valence-electron chi connectivity index (χ3n) is 4.12. The molecule has 2 aromatic carbocycles. The SMILES string of the molecule is CCOc1ccc(NC(=O)C(C#N)=Cc2ccc(-c3ccc(Cl)cc3[N+](=O)[O-])o2)cc1. The molecule has 9 heteroatoms. The lowest BCUT2D eigenvalue weighted by molar-refractivity contribution is -0.384. The second-order valence-electron chi connectivity index (χ2n) is 6.20. The van der Waals surface area contributed by atoms with E-state index in [1.807, 2.05) is 13.0 Å². The Bertz CT molecular complexity index is 1190. The first-order chi connectivity index (χ1) is 14.9. The van der Waals surface area contributed by atoms with Crippen molar-refractivity contribution >= 4 is 35.0 Å². The number of carbonyl (C=O) groups excluding carboxylic acids is 1. The highest BCUT2D eigenvalue weighted by molar-refractivity contribution is 6.30. The minimum absolute atomic E-state index is 0.192. The van der Waals surface area contributed by atoms with Gasteiger partial charge in [0.25, 0.3) is 11.6 Å². The van der Waals surface area contributed by atoms with Crippen LogP contribution >= 0.6 is 11.6 Å². The number of nitriles is 1. The Balaban J connectivity index is 1.81. The Morgan fingerprint density at radius 1 is 1.26 bits per heavy atom. The highest BCUT2D eigenvalue weighted by Gasteiger charge is 2.19. The van der Waals surface area contributed by atoms with Crippen molar-refractivity contribution in [3.8, 4) is 23.1 Å². The predicted molar refractivity (Wildman–Crippen MR) is 116 cm³/mol. The fraction of sp³-hybridized carbons (Fsp3) is 0.0909. The van der Waals surface area contributed by atoms with Crippen LogP contribution < -0.4 is 10.1 Å². The molecule has 8 nitrogen and oxygen atoms in total. The number of rotatable bonds is 7. The topological polar surface area (TPSA) is 118 Å². The van der Waals surface area contributed by atoms with Gasteiger partial charge in [0.1, 0.15) is 28.9 Å². The molecule has 31 heavy (non-hydrogen) atoms. The summed E-state index contributed by atoms with van der Waals surface area (Å²) in [4.78, 5) is 23.2. The minimum atomic E-state index is -0.623. The summed E-state index contributed by atoms with van der Waals surface area (Å²) in [6.07, 6.45) is 1.26. The molecule has 0 fully saturated rings. The van der Waals surface area contributed by atoms with E-state index in [1.165, 1.54) is 36.4 Å². The maximum atomic E-state index is 12.4. The van der Waals surface area contributed by atoms with Crippen LogP contribution in [0.1, 0.15) is 12.7 Å². The number of nitrogens with one attached hydrogen (secondary N) is 1. The maximum Gasteiger partial charge on any atom is 0.281 e. The summed E-state index contributed by atoms with van der Waals surface area (Å²) >= 11 is 5.83. The summed E-state index contributed by atoms with van der Waals surface area (Å²) < 4.78 is 10.9. The molecule has 1 heterocycles. The number of nitrogens with zero attached hydrogens (tertiary/aromatic N) is 2. The molecule has 0 aliphatic carbocycles. The van der Waals surface area contributed by atoms with Crippen LogP contribution in [-0.2, 0) is 4.79 Å². The monoisotopic (exact) mass is 437 g/mol. The molecule has 0 saturated heterocycles. The van der Waals surface area contributed by atoms with Crippen molar-refractivity contribution in [1.29, 1.82) is 5.26 Å². The molecule has 0 radical (unpaired) electrons. The Kier molecular flexibility index (Phi) is 6.70. The van der Waals surface area contributed by atoms with E-state index >= 15 is 0 Å². The maximum absolute atomic E-state index is 12.4. The van der Waals surface area contributed by atoms with Gasteiger partial charge in [-0.15, -0.1) is 0 Å². The molecule has 0 atom stereocenters. The van der Waals surface area contributed by atoms with Crippen LogP contribution in [0.4, 0.5) is 11.4 Å². The Morgan fingerprint density at radius 2 is 2.00 bits per heavy atom. The smallest absolute Gasteiger partial charge is 0.281 e. The average Bonchev–Trinajstić information content (AvgIpc) is 3.22. The van der Waals surface area contributed by atoms with Crippen LogP contribution in [0.15, 0.2) is 64.6 Å². The van der Waals surface area contributed by atoms with Gasteiger partial charge < -0.3 is 14.5 Å². The summed E-state index contributed by atoms with van der Waals surface area (Å²) in [5.41, 5.74) is 0.310. The lowest BCUT2D eigenvalue weighted by atomic mass is 10.1. The Morgan fingerprint density at radius 3 is 2.65 bits per heavy atom. The molecular formula is C22H16ClN3O5. The summed E-state index contributed by atoms with van der Waals surface area (Å²) in [6, 6.07) is 15.8. The van der Waals surface area contributed by atoms with E-state index in [9.17, 15) is 20.2 Å². The molecule has 0 aliphatic heterocycles. The molecule has 1 aromatic heterocycles. The summed E-state index contributed by atoms with van der Waals surface area (Å²) in [6.45, 7) is 2.39. The van der Waals surface area contributed by atoms with Crippen molar-refractivity contribution in [2.24, 2.45) is 0 Å². The van der Waals surface area contributed by atoms with Gasteiger partial charge in [0.2, 0.25) is 0 Å². The number of furan rings is 1. The van der Waals surface area contributed by atoms with Gasteiger partial charge in [0.05, 0.1) is 17.1 Å². The first-order valence-electron chi connectivity index (χ1n) is 9.11. The van der Waals surface area contributed by atoms with Gasteiger partial charge >= 0.3 is 0 Å². The normalized spacial score (nSPS) is 10.9. The number of ether oxygens (including phenoxy) is 1. The summed E-state index contributed by atoms with van der Waals surface area (Å²) in [7, 11) is 0. The molecule has 1 N–H and O–H groups in total. The number of nitro benzene ring substituents is 1.